The minimum Gasteiger partial charge on any atom is -0.508 e. The number of rotatable bonds is 17. The van der Waals surface area contributed by atoms with E-state index in [9.17, 15) is 34.5 Å². The lowest BCUT2D eigenvalue weighted by atomic mass is 9.96. The number of benzene rings is 2. The number of carbonyl (C=O) groups is 4. The van der Waals surface area contributed by atoms with E-state index in [-0.39, 0.29) is 43.3 Å². The Labute approximate surface area is 256 Å². The van der Waals surface area contributed by atoms with E-state index in [1.165, 1.54) is 24.3 Å². The standard InChI is InChI=1S/C30H43N7O7/c1-3-17(2)25(28(42)35-23(29(43)44)5-4-14-34-30(32)33)37-27(41)24(16-19-8-12-21(39)13-9-19)36-26(40)22(31)15-18-6-10-20(38)11-7-18/h6-13,17,22-25,38-39H,3-5,14-16,31H2,1-2H3,(H,35,42)(H,36,40)(H,37,41)(H,43,44)(H4,32,33,34). The van der Waals surface area contributed by atoms with Crippen molar-refractivity contribution in [3.05, 3.63) is 59.7 Å². The van der Waals surface area contributed by atoms with Crippen LogP contribution in [0, 0.1) is 5.92 Å². The van der Waals surface area contributed by atoms with Gasteiger partial charge in [-0.15, -0.1) is 0 Å². The molecule has 0 aliphatic carbocycles. The van der Waals surface area contributed by atoms with Crippen LogP contribution < -0.4 is 33.2 Å². The predicted octanol–water partition coefficient (Wildman–Crippen LogP) is -0.151. The molecule has 0 spiro atoms. The molecule has 240 valence electrons. The Kier molecular flexibility index (Phi) is 13.9. The zero-order valence-electron chi connectivity index (χ0n) is 24.9. The van der Waals surface area contributed by atoms with Crippen LogP contribution in [0.3, 0.4) is 0 Å². The first-order chi connectivity index (χ1) is 20.8. The SMILES string of the molecule is CCC(C)C(NC(=O)C(Cc1ccc(O)cc1)NC(=O)C(N)Cc1ccc(O)cc1)C(=O)NC(CCCN=C(N)N)C(=O)O. The molecule has 0 saturated heterocycles. The van der Waals surface area contributed by atoms with Gasteiger partial charge in [-0.2, -0.15) is 0 Å². The second-order valence-corrected chi connectivity index (χ2v) is 10.6. The van der Waals surface area contributed by atoms with E-state index in [0.29, 0.717) is 24.0 Å². The Hall–Kier alpha value is -4.85. The second-order valence-electron chi connectivity index (χ2n) is 10.6. The Balaban J connectivity index is 2.22. The molecule has 2 rings (SSSR count). The van der Waals surface area contributed by atoms with Gasteiger partial charge in [0.05, 0.1) is 6.04 Å². The van der Waals surface area contributed by atoms with Gasteiger partial charge in [0.1, 0.15) is 29.6 Å². The van der Waals surface area contributed by atoms with Crippen LogP contribution in [0.25, 0.3) is 0 Å². The highest BCUT2D eigenvalue weighted by molar-refractivity contribution is 5.94. The van der Waals surface area contributed by atoms with Gasteiger partial charge in [0.15, 0.2) is 5.96 Å². The molecule has 12 N–H and O–H groups in total. The van der Waals surface area contributed by atoms with Crippen LogP contribution in [0.15, 0.2) is 53.5 Å². The van der Waals surface area contributed by atoms with Crippen molar-refractivity contribution in [2.45, 2.75) is 70.1 Å². The van der Waals surface area contributed by atoms with Crippen molar-refractivity contribution in [1.29, 1.82) is 0 Å². The summed E-state index contributed by atoms with van der Waals surface area (Å²) in [5, 5.41) is 36.7. The number of amides is 3. The predicted molar refractivity (Wildman–Crippen MR) is 164 cm³/mol. The molecule has 0 aliphatic rings. The maximum Gasteiger partial charge on any atom is 0.326 e. The van der Waals surface area contributed by atoms with Crippen LogP contribution in [0.5, 0.6) is 11.5 Å². The molecule has 0 aliphatic heterocycles. The molecule has 5 unspecified atom stereocenters. The maximum atomic E-state index is 13.6. The number of carboxylic acids is 1. The third-order valence-electron chi connectivity index (χ3n) is 7.09. The number of nitrogens with one attached hydrogen (secondary N) is 3. The number of nitrogens with zero attached hydrogens (tertiary/aromatic N) is 1. The van der Waals surface area contributed by atoms with E-state index in [2.05, 4.69) is 20.9 Å². The summed E-state index contributed by atoms with van der Waals surface area (Å²) in [7, 11) is 0. The van der Waals surface area contributed by atoms with E-state index in [1.807, 2.05) is 6.92 Å². The van der Waals surface area contributed by atoms with Gasteiger partial charge in [-0.25, -0.2) is 4.79 Å². The largest absolute Gasteiger partial charge is 0.508 e. The average molecular weight is 614 g/mol. The van der Waals surface area contributed by atoms with Gasteiger partial charge in [0.2, 0.25) is 17.7 Å². The quantitative estimate of drug-likeness (QED) is 0.0647. The molecular formula is C30H43N7O7. The highest BCUT2D eigenvalue weighted by Crippen LogP contribution is 2.15. The van der Waals surface area contributed by atoms with Gasteiger partial charge in [-0.1, -0.05) is 44.5 Å². The minimum absolute atomic E-state index is 0.0150. The molecule has 0 bridgehead atoms. The molecule has 2 aromatic carbocycles. The monoisotopic (exact) mass is 613 g/mol. The van der Waals surface area contributed by atoms with Crippen molar-refractivity contribution in [2.24, 2.45) is 28.1 Å². The Morgan fingerprint density at radius 2 is 1.32 bits per heavy atom. The first kappa shape index (κ1) is 35.3. The molecule has 14 heteroatoms. The maximum absolute atomic E-state index is 13.6. The zero-order valence-corrected chi connectivity index (χ0v) is 24.9. The number of nitrogens with two attached hydrogens (primary N) is 3. The van der Waals surface area contributed by atoms with Crippen molar-refractivity contribution in [3.63, 3.8) is 0 Å². The molecule has 0 saturated carbocycles. The summed E-state index contributed by atoms with van der Waals surface area (Å²) >= 11 is 0. The zero-order chi connectivity index (χ0) is 32.8. The molecule has 2 aromatic rings. The van der Waals surface area contributed by atoms with Crippen molar-refractivity contribution >= 4 is 29.7 Å². The second kappa shape index (κ2) is 17.3. The topological polar surface area (TPSA) is 255 Å². The van der Waals surface area contributed by atoms with Crippen molar-refractivity contribution in [1.82, 2.24) is 16.0 Å². The normalized spacial score (nSPS) is 14.2. The number of aliphatic imine (C=N–C) groups is 1. The lowest BCUT2D eigenvalue weighted by Crippen LogP contribution is -2.59. The minimum atomic E-state index is -1.25. The van der Waals surface area contributed by atoms with Crippen LogP contribution in [0.1, 0.15) is 44.2 Å². The summed E-state index contributed by atoms with van der Waals surface area (Å²) < 4.78 is 0. The van der Waals surface area contributed by atoms with E-state index < -0.39 is 53.8 Å². The Morgan fingerprint density at radius 1 is 0.795 bits per heavy atom. The van der Waals surface area contributed by atoms with Crippen LogP contribution >= 0.6 is 0 Å². The number of phenols is 2. The van der Waals surface area contributed by atoms with E-state index in [0.717, 1.165) is 0 Å². The number of hydrogen-bond acceptors (Lipinski definition) is 8. The number of phenolic OH excluding ortho intramolecular Hbond substituents is 2. The number of aromatic hydroxyl groups is 2. The molecule has 0 aromatic heterocycles. The summed E-state index contributed by atoms with van der Waals surface area (Å²) in [6.45, 7) is 3.74. The summed E-state index contributed by atoms with van der Waals surface area (Å²) in [6.07, 6.45) is 0.976. The van der Waals surface area contributed by atoms with E-state index in [4.69, 9.17) is 17.2 Å². The molecule has 0 radical (unpaired) electrons. The van der Waals surface area contributed by atoms with Crippen molar-refractivity contribution in [2.75, 3.05) is 6.54 Å². The van der Waals surface area contributed by atoms with Gasteiger partial charge in [0, 0.05) is 13.0 Å². The number of carbonyl (C=O) groups excluding carboxylic acids is 3. The van der Waals surface area contributed by atoms with Crippen molar-refractivity contribution < 1.29 is 34.5 Å². The number of guanidine groups is 1. The van der Waals surface area contributed by atoms with Crippen LogP contribution in [0.2, 0.25) is 0 Å². The number of carboxylic acid groups (broad SMARTS) is 1. The lowest BCUT2D eigenvalue weighted by molar-refractivity contribution is -0.142. The Morgan fingerprint density at radius 3 is 1.82 bits per heavy atom. The smallest absolute Gasteiger partial charge is 0.326 e. The van der Waals surface area contributed by atoms with Gasteiger partial charge < -0.3 is 48.5 Å². The van der Waals surface area contributed by atoms with Crippen LogP contribution in [-0.4, -0.2) is 75.7 Å². The summed E-state index contributed by atoms with van der Waals surface area (Å²) in [5.74, 6) is -3.67. The third-order valence-corrected chi connectivity index (χ3v) is 7.09. The van der Waals surface area contributed by atoms with E-state index >= 15 is 0 Å². The Bertz CT molecular complexity index is 1280. The van der Waals surface area contributed by atoms with Crippen LogP contribution in [-0.2, 0) is 32.0 Å². The molecular weight excluding hydrogens is 570 g/mol. The summed E-state index contributed by atoms with van der Waals surface area (Å²) in [6, 6.07) is 7.73. The molecule has 5 atom stereocenters. The van der Waals surface area contributed by atoms with Crippen LogP contribution in [0.4, 0.5) is 0 Å². The molecule has 44 heavy (non-hydrogen) atoms. The highest BCUT2D eigenvalue weighted by atomic mass is 16.4. The summed E-state index contributed by atoms with van der Waals surface area (Å²) in [4.78, 5) is 55.7. The molecule has 14 nitrogen and oxygen atoms in total. The first-order valence-electron chi connectivity index (χ1n) is 14.3. The average Bonchev–Trinajstić information content (AvgIpc) is 2.98. The van der Waals surface area contributed by atoms with Gasteiger partial charge in [-0.05, 0) is 60.6 Å². The molecule has 3 amide bonds. The lowest BCUT2D eigenvalue weighted by Gasteiger charge is -2.28. The summed E-state index contributed by atoms with van der Waals surface area (Å²) in [5.41, 5.74) is 18.1. The first-order valence-corrected chi connectivity index (χ1v) is 14.3. The van der Waals surface area contributed by atoms with Gasteiger partial charge >= 0.3 is 5.97 Å². The third kappa shape index (κ3) is 11.8. The fourth-order valence-corrected chi connectivity index (χ4v) is 4.31. The highest BCUT2D eigenvalue weighted by Gasteiger charge is 2.33. The fraction of sp³-hybridized carbons (Fsp3) is 0.433. The number of aliphatic carboxylic acids is 1. The van der Waals surface area contributed by atoms with E-state index in [1.54, 1.807) is 31.2 Å². The molecule has 0 fully saturated rings. The van der Waals surface area contributed by atoms with Crippen molar-refractivity contribution in [3.8, 4) is 11.5 Å². The number of hydrogen-bond donors (Lipinski definition) is 9. The van der Waals surface area contributed by atoms with Gasteiger partial charge in [-0.3, -0.25) is 19.4 Å². The van der Waals surface area contributed by atoms with Gasteiger partial charge in [0.25, 0.3) is 0 Å². The fourth-order valence-electron chi connectivity index (χ4n) is 4.31. The molecule has 0 heterocycles.